The maximum absolute atomic E-state index is 12.3. The van der Waals surface area contributed by atoms with E-state index in [0.29, 0.717) is 18.0 Å². The lowest BCUT2D eigenvalue weighted by Gasteiger charge is -2.08. The quantitative estimate of drug-likeness (QED) is 0.810. The number of benzene rings is 2. The molecule has 0 unspecified atom stereocenters. The fourth-order valence-corrected chi connectivity index (χ4v) is 2.71. The zero-order valence-electron chi connectivity index (χ0n) is 14.5. The Morgan fingerprint density at radius 3 is 2.20 bits per heavy atom. The van der Waals surface area contributed by atoms with E-state index in [9.17, 15) is 9.59 Å². The van der Waals surface area contributed by atoms with Gasteiger partial charge in [0.25, 0.3) is 5.91 Å². The summed E-state index contributed by atoms with van der Waals surface area (Å²) in [6.45, 7) is 2.14. The van der Waals surface area contributed by atoms with Crippen LogP contribution in [0.15, 0.2) is 48.5 Å². The lowest BCUT2D eigenvalue weighted by molar-refractivity contribution is -0.120. The minimum atomic E-state index is -0.123. The average molecular weight is 336 g/mol. The molecular formula is C21H24N2O2. The van der Waals surface area contributed by atoms with Crippen LogP contribution in [0, 0.1) is 0 Å². The standard InChI is InChI=1S/C21H24N2O2/c1-2-3-15-4-8-17(9-5-15)21(25)23-19-10-6-16(7-11-19)14-20(24)22-18-12-13-18/h4-11,18H,2-3,12-14H2,1H3,(H,22,24)(H,23,25). The molecule has 130 valence electrons. The molecule has 2 N–H and O–H groups in total. The van der Waals surface area contributed by atoms with Crippen LogP contribution >= 0.6 is 0 Å². The lowest BCUT2D eigenvalue weighted by Crippen LogP contribution is -2.26. The van der Waals surface area contributed by atoms with E-state index < -0.39 is 0 Å². The Balaban J connectivity index is 1.54. The van der Waals surface area contributed by atoms with Crippen molar-refractivity contribution in [1.82, 2.24) is 5.32 Å². The van der Waals surface area contributed by atoms with Gasteiger partial charge >= 0.3 is 0 Å². The predicted octanol–water partition coefficient (Wildman–Crippen LogP) is 3.71. The van der Waals surface area contributed by atoms with E-state index >= 15 is 0 Å². The third kappa shape index (κ3) is 5.18. The fourth-order valence-electron chi connectivity index (χ4n) is 2.71. The molecule has 2 aromatic carbocycles. The molecule has 2 aromatic rings. The number of rotatable bonds is 7. The van der Waals surface area contributed by atoms with Gasteiger partial charge < -0.3 is 10.6 Å². The molecule has 0 atom stereocenters. The minimum Gasteiger partial charge on any atom is -0.353 e. The van der Waals surface area contributed by atoms with Crippen molar-refractivity contribution in [2.75, 3.05) is 5.32 Å². The predicted molar refractivity (Wildman–Crippen MR) is 99.7 cm³/mol. The van der Waals surface area contributed by atoms with Crippen molar-refractivity contribution >= 4 is 17.5 Å². The topological polar surface area (TPSA) is 58.2 Å². The Kier molecular flexibility index (Phi) is 5.49. The van der Waals surface area contributed by atoms with Gasteiger partial charge in [-0.1, -0.05) is 37.6 Å². The van der Waals surface area contributed by atoms with Gasteiger partial charge in [-0.2, -0.15) is 0 Å². The number of anilines is 1. The third-order valence-corrected chi connectivity index (χ3v) is 4.27. The summed E-state index contributed by atoms with van der Waals surface area (Å²) in [5, 5.41) is 5.87. The molecule has 4 heteroatoms. The molecule has 0 aromatic heterocycles. The molecule has 25 heavy (non-hydrogen) atoms. The van der Waals surface area contributed by atoms with Crippen molar-refractivity contribution < 1.29 is 9.59 Å². The smallest absolute Gasteiger partial charge is 0.255 e. The molecule has 3 rings (SSSR count). The third-order valence-electron chi connectivity index (χ3n) is 4.27. The fraction of sp³-hybridized carbons (Fsp3) is 0.333. The number of hydrogen-bond acceptors (Lipinski definition) is 2. The zero-order chi connectivity index (χ0) is 17.6. The summed E-state index contributed by atoms with van der Waals surface area (Å²) < 4.78 is 0. The van der Waals surface area contributed by atoms with Crippen LogP contribution in [-0.4, -0.2) is 17.9 Å². The Bertz CT molecular complexity index is 731. The van der Waals surface area contributed by atoms with Gasteiger partial charge in [-0.25, -0.2) is 0 Å². The van der Waals surface area contributed by atoms with E-state index in [4.69, 9.17) is 0 Å². The summed E-state index contributed by atoms with van der Waals surface area (Å²) in [5.41, 5.74) is 3.56. The van der Waals surface area contributed by atoms with Crippen LogP contribution in [-0.2, 0) is 17.6 Å². The molecular weight excluding hydrogens is 312 g/mol. The number of amides is 2. The first-order valence-electron chi connectivity index (χ1n) is 8.92. The molecule has 1 fully saturated rings. The van der Waals surface area contributed by atoms with Gasteiger partial charge in [0, 0.05) is 17.3 Å². The van der Waals surface area contributed by atoms with Gasteiger partial charge in [0.15, 0.2) is 0 Å². The molecule has 0 heterocycles. The number of carbonyl (C=O) groups is 2. The summed E-state index contributed by atoms with van der Waals surface area (Å²) in [7, 11) is 0. The molecule has 1 saturated carbocycles. The number of aryl methyl sites for hydroxylation is 1. The van der Waals surface area contributed by atoms with Crippen LogP contribution in [0.1, 0.15) is 47.7 Å². The second-order valence-electron chi connectivity index (χ2n) is 6.62. The largest absolute Gasteiger partial charge is 0.353 e. The highest BCUT2D eigenvalue weighted by atomic mass is 16.2. The Morgan fingerprint density at radius 1 is 0.960 bits per heavy atom. The molecule has 0 bridgehead atoms. The lowest BCUT2D eigenvalue weighted by atomic mass is 10.1. The summed E-state index contributed by atoms with van der Waals surface area (Å²) >= 11 is 0. The van der Waals surface area contributed by atoms with Crippen molar-refractivity contribution in [3.8, 4) is 0 Å². The highest BCUT2D eigenvalue weighted by Crippen LogP contribution is 2.19. The highest BCUT2D eigenvalue weighted by Gasteiger charge is 2.23. The van der Waals surface area contributed by atoms with Gasteiger partial charge in [0.1, 0.15) is 0 Å². The van der Waals surface area contributed by atoms with E-state index in [-0.39, 0.29) is 11.8 Å². The number of nitrogens with one attached hydrogen (secondary N) is 2. The molecule has 0 aliphatic heterocycles. The van der Waals surface area contributed by atoms with Gasteiger partial charge in [0.2, 0.25) is 5.91 Å². The Labute approximate surface area is 148 Å². The summed E-state index contributed by atoms with van der Waals surface area (Å²) in [4.78, 5) is 24.1. The molecule has 1 aliphatic rings. The van der Waals surface area contributed by atoms with Gasteiger partial charge in [-0.05, 0) is 54.7 Å². The van der Waals surface area contributed by atoms with Gasteiger partial charge in [-0.3, -0.25) is 9.59 Å². The van der Waals surface area contributed by atoms with E-state index in [1.807, 2.05) is 48.5 Å². The maximum atomic E-state index is 12.3. The highest BCUT2D eigenvalue weighted by molar-refractivity contribution is 6.04. The van der Waals surface area contributed by atoms with Crippen LogP contribution in [0.2, 0.25) is 0 Å². The van der Waals surface area contributed by atoms with Crippen molar-refractivity contribution in [3.63, 3.8) is 0 Å². The minimum absolute atomic E-state index is 0.0615. The average Bonchev–Trinajstić information content (AvgIpc) is 3.41. The molecule has 0 saturated heterocycles. The molecule has 2 amide bonds. The van der Waals surface area contributed by atoms with Crippen LogP contribution < -0.4 is 10.6 Å². The first-order chi connectivity index (χ1) is 12.1. The monoisotopic (exact) mass is 336 g/mol. The van der Waals surface area contributed by atoms with Crippen molar-refractivity contribution in [1.29, 1.82) is 0 Å². The normalized spacial score (nSPS) is 13.3. The van der Waals surface area contributed by atoms with Crippen molar-refractivity contribution in [2.45, 2.75) is 45.1 Å². The second-order valence-corrected chi connectivity index (χ2v) is 6.62. The van der Waals surface area contributed by atoms with Crippen LogP contribution in [0.4, 0.5) is 5.69 Å². The second kappa shape index (κ2) is 7.97. The first kappa shape index (κ1) is 17.2. The van der Waals surface area contributed by atoms with Crippen LogP contribution in [0.5, 0.6) is 0 Å². The van der Waals surface area contributed by atoms with Gasteiger partial charge in [-0.15, -0.1) is 0 Å². The van der Waals surface area contributed by atoms with Crippen molar-refractivity contribution in [2.24, 2.45) is 0 Å². The van der Waals surface area contributed by atoms with Crippen LogP contribution in [0.25, 0.3) is 0 Å². The number of carbonyl (C=O) groups excluding carboxylic acids is 2. The van der Waals surface area contributed by atoms with E-state index in [2.05, 4.69) is 17.6 Å². The van der Waals surface area contributed by atoms with E-state index in [1.165, 1.54) is 5.56 Å². The van der Waals surface area contributed by atoms with E-state index in [0.717, 1.165) is 36.9 Å². The maximum Gasteiger partial charge on any atom is 0.255 e. The van der Waals surface area contributed by atoms with Crippen LogP contribution in [0.3, 0.4) is 0 Å². The summed E-state index contributed by atoms with van der Waals surface area (Å²) in [6.07, 6.45) is 4.68. The summed E-state index contributed by atoms with van der Waals surface area (Å²) in [6, 6.07) is 15.5. The molecule has 0 spiro atoms. The molecule has 4 nitrogen and oxygen atoms in total. The number of hydrogen-bond donors (Lipinski definition) is 2. The Hall–Kier alpha value is -2.62. The Morgan fingerprint density at radius 2 is 1.60 bits per heavy atom. The van der Waals surface area contributed by atoms with Crippen molar-refractivity contribution in [3.05, 3.63) is 65.2 Å². The SMILES string of the molecule is CCCc1ccc(C(=O)Nc2ccc(CC(=O)NC3CC3)cc2)cc1. The molecule has 1 aliphatic carbocycles. The van der Waals surface area contributed by atoms with E-state index in [1.54, 1.807) is 0 Å². The molecule has 0 radical (unpaired) electrons. The zero-order valence-corrected chi connectivity index (χ0v) is 14.5. The first-order valence-corrected chi connectivity index (χ1v) is 8.92. The summed E-state index contributed by atoms with van der Waals surface area (Å²) in [5.74, 6) is -0.0614. The van der Waals surface area contributed by atoms with Gasteiger partial charge in [0.05, 0.1) is 6.42 Å².